The molecule has 1 aliphatic rings. The summed E-state index contributed by atoms with van der Waals surface area (Å²) in [4.78, 5) is 30.1. The number of hydrogen-bond donors (Lipinski definition) is 3. The van der Waals surface area contributed by atoms with Crippen LogP contribution < -0.4 is 10.2 Å². The van der Waals surface area contributed by atoms with E-state index in [1.165, 1.54) is 5.56 Å². The number of carbonyl (C=O) groups excluding carboxylic acids is 1. The van der Waals surface area contributed by atoms with Crippen molar-refractivity contribution >= 4 is 28.5 Å². The summed E-state index contributed by atoms with van der Waals surface area (Å²) in [6.45, 7) is 5.09. The molecular weight excluding hydrogens is 478 g/mol. The average molecular weight is 512 g/mol. The molecule has 3 N–H and O–H groups in total. The van der Waals surface area contributed by atoms with Gasteiger partial charge in [-0.25, -0.2) is 0 Å². The molecule has 3 aromatic carbocycles. The van der Waals surface area contributed by atoms with Crippen molar-refractivity contribution in [3.8, 4) is 0 Å². The predicted molar refractivity (Wildman–Crippen MR) is 149 cm³/mol. The average Bonchev–Trinajstić information content (AvgIpc) is 3.34. The van der Waals surface area contributed by atoms with E-state index in [9.17, 15) is 9.59 Å². The van der Waals surface area contributed by atoms with Gasteiger partial charge in [-0.05, 0) is 53.8 Å². The van der Waals surface area contributed by atoms with E-state index < -0.39 is 5.97 Å². The number of anilines is 1. The van der Waals surface area contributed by atoms with Crippen LogP contribution in [0.2, 0.25) is 0 Å². The maximum absolute atomic E-state index is 13.5. The van der Waals surface area contributed by atoms with E-state index >= 15 is 0 Å². The molecule has 0 radical (unpaired) electrons. The summed E-state index contributed by atoms with van der Waals surface area (Å²) >= 11 is 0. The third-order valence-corrected chi connectivity index (χ3v) is 7.09. The lowest BCUT2D eigenvalue weighted by atomic mass is 9.94. The molecule has 1 fully saturated rings. The van der Waals surface area contributed by atoms with Crippen molar-refractivity contribution in [3.63, 3.8) is 0 Å². The number of ether oxygens (including phenoxy) is 1. The molecule has 38 heavy (non-hydrogen) atoms. The summed E-state index contributed by atoms with van der Waals surface area (Å²) in [5.41, 5.74) is 7.15. The van der Waals surface area contributed by atoms with Gasteiger partial charge in [0.2, 0.25) is 5.91 Å². The van der Waals surface area contributed by atoms with Gasteiger partial charge in [0, 0.05) is 47.9 Å². The molecule has 0 saturated carbocycles. The minimum atomic E-state index is -0.825. The summed E-state index contributed by atoms with van der Waals surface area (Å²) in [7, 11) is 0. The van der Waals surface area contributed by atoms with E-state index in [1.807, 2.05) is 42.6 Å². The Labute approximate surface area is 222 Å². The molecule has 7 nitrogen and oxygen atoms in total. The van der Waals surface area contributed by atoms with Crippen LogP contribution in [0, 0.1) is 6.92 Å². The number of aryl methyl sites for hydroxylation is 2. The predicted octanol–water partition coefficient (Wildman–Crippen LogP) is 4.78. The lowest BCUT2D eigenvalue weighted by molar-refractivity contribution is -0.137. The van der Waals surface area contributed by atoms with Crippen molar-refractivity contribution in [2.45, 2.75) is 32.2 Å². The monoisotopic (exact) mass is 511 g/mol. The number of carboxylic acids is 1. The van der Waals surface area contributed by atoms with E-state index in [4.69, 9.17) is 9.84 Å². The second-order valence-electron chi connectivity index (χ2n) is 9.84. The van der Waals surface area contributed by atoms with Crippen molar-refractivity contribution in [1.29, 1.82) is 0 Å². The van der Waals surface area contributed by atoms with Crippen LogP contribution in [0.5, 0.6) is 0 Å². The molecule has 0 bridgehead atoms. The number of aromatic amines is 1. The molecule has 196 valence electrons. The van der Waals surface area contributed by atoms with Crippen molar-refractivity contribution in [3.05, 3.63) is 101 Å². The number of carboxylic acid groups (broad SMARTS) is 1. The van der Waals surface area contributed by atoms with Crippen LogP contribution in [-0.2, 0) is 27.2 Å². The third-order valence-electron chi connectivity index (χ3n) is 7.09. The van der Waals surface area contributed by atoms with Crippen molar-refractivity contribution in [2.75, 3.05) is 31.2 Å². The Kier molecular flexibility index (Phi) is 7.75. The number of nitrogens with one attached hydrogen (secondary N) is 2. The van der Waals surface area contributed by atoms with Crippen LogP contribution in [0.1, 0.15) is 40.3 Å². The Morgan fingerprint density at radius 3 is 2.61 bits per heavy atom. The Balaban J connectivity index is 1.42. The maximum Gasteiger partial charge on any atom is 0.303 e. The fourth-order valence-electron chi connectivity index (χ4n) is 5.14. The molecule has 1 aliphatic heterocycles. The highest BCUT2D eigenvalue weighted by atomic mass is 16.5. The van der Waals surface area contributed by atoms with E-state index in [-0.39, 0.29) is 24.8 Å². The smallest absolute Gasteiger partial charge is 0.303 e. The van der Waals surface area contributed by atoms with Gasteiger partial charge >= 0.3 is 5.97 Å². The molecule has 1 atom stereocenters. The molecule has 2 heterocycles. The van der Waals surface area contributed by atoms with Crippen LogP contribution in [-0.4, -0.2) is 48.3 Å². The van der Waals surface area contributed by atoms with E-state index in [0.717, 1.165) is 51.9 Å². The SMILES string of the molecule is Cc1ccc(C(NC(=O)Cc2ccc3[nH]cc(CCC(=O)O)c3c2)c2ccccc2)c(N2CCOCC2)c1. The van der Waals surface area contributed by atoms with Gasteiger partial charge in [-0.15, -0.1) is 0 Å². The fourth-order valence-corrected chi connectivity index (χ4v) is 5.14. The highest BCUT2D eigenvalue weighted by Crippen LogP contribution is 2.33. The Hall–Kier alpha value is -4.10. The first-order chi connectivity index (χ1) is 18.5. The molecule has 0 aliphatic carbocycles. The molecule has 4 aromatic rings. The molecule has 7 heteroatoms. The van der Waals surface area contributed by atoms with Crippen molar-refractivity contribution < 1.29 is 19.4 Å². The van der Waals surface area contributed by atoms with Gasteiger partial charge in [-0.2, -0.15) is 0 Å². The molecule has 1 amide bonds. The number of fused-ring (bicyclic) bond motifs is 1. The van der Waals surface area contributed by atoms with Crippen LogP contribution >= 0.6 is 0 Å². The number of hydrogen-bond acceptors (Lipinski definition) is 4. The van der Waals surface area contributed by atoms with Crippen LogP contribution in [0.4, 0.5) is 5.69 Å². The molecule has 1 saturated heterocycles. The maximum atomic E-state index is 13.5. The molecule has 1 unspecified atom stereocenters. The summed E-state index contributed by atoms with van der Waals surface area (Å²) in [6, 6.07) is 22.1. The summed E-state index contributed by atoms with van der Waals surface area (Å²) in [6.07, 6.45) is 2.59. The number of aromatic nitrogens is 1. The van der Waals surface area contributed by atoms with Gasteiger partial charge in [-0.3, -0.25) is 9.59 Å². The number of morpholine rings is 1. The zero-order valence-electron chi connectivity index (χ0n) is 21.6. The minimum Gasteiger partial charge on any atom is -0.481 e. The molecule has 5 rings (SSSR count). The van der Waals surface area contributed by atoms with Gasteiger partial charge in [0.05, 0.1) is 25.7 Å². The summed E-state index contributed by atoms with van der Waals surface area (Å²) in [5, 5.41) is 13.3. The van der Waals surface area contributed by atoms with Gasteiger partial charge < -0.3 is 25.0 Å². The number of carbonyl (C=O) groups is 2. The third kappa shape index (κ3) is 5.89. The zero-order chi connectivity index (χ0) is 26.5. The number of amides is 1. The van der Waals surface area contributed by atoms with Crippen molar-refractivity contribution in [2.24, 2.45) is 0 Å². The second kappa shape index (κ2) is 11.5. The van der Waals surface area contributed by atoms with Crippen LogP contribution in [0.15, 0.2) is 72.9 Å². The van der Waals surface area contributed by atoms with Gasteiger partial charge in [0.25, 0.3) is 0 Å². The summed E-state index contributed by atoms with van der Waals surface area (Å²) in [5.74, 6) is -0.899. The van der Waals surface area contributed by atoms with Gasteiger partial charge in [0.1, 0.15) is 0 Å². The Bertz CT molecular complexity index is 1420. The van der Waals surface area contributed by atoms with Gasteiger partial charge in [0.15, 0.2) is 0 Å². The molecule has 1 aromatic heterocycles. The number of benzene rings is 3. The quantitative estimate of drug-likeness (QED) is 0.301. The second-order valence-corrected chi connectivity index (χ2v) is 9.84. The minimum absolute atomic E-state index is 0.0679. The van der Waals surface area contributed by atoms with Gasteiger partial charge in [-0.1, -0.05) is 48.5 Å². The van der Waals surface area contributed by atoms with E-state index in [1.54, 1.807) is 0 Å². The first-order valence-electron chi connectivity index (χ1n) is 13.1. The molecular formula is C31H33N3O4. The van der Waals surface area contributed by atoms with Crippen molar-refractivity contribution in [1.82, 2.24) is 10.3 Å². The standard InChI is InChI=1S/C31H33N3O4/c1-21-7-10-25(28(17-21)34-13-15-38-16-14-34)31(23-5-3-2-4-6-23)33-29(35)19-22-8-11-27-26(18-22)24(20-32-27)9-12-30(36)37/h2-8,10-11,17-18,20,31-32H,9,12-16,19H2,1H3,(H,33,35)(H,36,37). The van der Waals surface area contributed by atoms with Crippen LogP contribution in [0.25, 0.3) is 10.9 Å². The lowest BCUT2D eigenvalue weighted by Crippen LogP contribution is -2.38. The number of rotatable bonds is 9. The number of H-pyrrole nitrogens is 1. The fraction of sp³-hybridized carbons (Fsp3) is 0.290. The highest BCUT2D eigenvalue weighted by Gasteiger charge is 2.24. The Morgan fingerprint density at radius 1 is 1.05 bits per heavy atom. The van der Waals surface area contributed by atoms with E-state index in [0.29, 0.717) is 19.6 Å². The Morgan fingerprint density at radius 2 is 1.84 bits per heavy atom. The first-order valence-corrected chi connectivity index (χ1v) is 13.1. The number of aliphatic carboxylic acids is 1. The zero-order valence-corrected chi connectivity index (χ0v) is 21.6. The van der Waals surface area contributed by atoms with E-state index in [2.05, 4.69) is 52.5 Å². The highest BCUT2D eigenvalue weighted by molar-refractivity contribution is 5.87. The number of nitrogens with zero attached hydrogens (tertiary/aromatic N) is 1. The lowest BCUT2D eigenvalue weighted by Gasteiger charge is -2.33. The normalized spacial score (nSPS) is 14.4. The van der Waals surface area contributed by atoms with Crippen LogP contribution in [0.3, 0.4) is 0 Å². The first kappa shape index (κ1) is 25.5. The summed E-state index contributed by atoms with van der Waals surface area (Å²) < 4.78 is 5.58. The molecule has 0 spiro atoms. The topological polar surface area (TPSA) is 94.7 Å². The largest absolute Gasteiger partial charge is 0.481 e.